The second kappa shape index (κ2) is 4.48. The van der Waals surface area contributed by atoms with Gasteiger partial charge in [0.25, 0.3) is 0 Å². The Morgan fingerprint density at radius 1 is 0.700 bits per heavy atom. The summed E-state index contributed by atoms with van der Waals surface area (Å²) in [6, 6.07) is 0. The van der Waals surface area contributed by atoms with Crippen LogP contribution < -0.4 is 6.15 Å². The average molecular weight is 316 g/mol. The Balaban J connectivity index is 0. The minimum absolute atomic E-state index is 0. The van der Waals surface area contributed by atoms with Crippen LogP contribution in [0.25, 0.3) is 0 Å². The summed E-state index contributed by atoms with van der Waals surface area (Å²) in [7, 11) is 0. The number of nitriles is 4. The topological polar surface area (TPSA) is 130 Å². The van der Waals surface area contributed by atoms with E-state index >= 15 is 0 Å². The fourth-order valence-electron chi connectivity index (χ4n) is 0.0949. The van der Waals surface area contributed by atoms with Crippen molar-refractivity contribution >= 4 is 0 Å². The molecule has 10 heavy (non-hydrogen) atoms. The van der Waals surface area contributed by atoms with Crippen LogP contribution in [0.15, 0.2) is 0 Å². The molecule has 3 N–H and O–H groups in total. The zero-order valence-electron chi connectivity index (χ0n) is 4.81. The van der Waals surface area contributed by atoms with Crippen molar-refractivity contribution in [2.45, 2.75) is 0 Å². The molecule has 0 aromatic carbocycles. The molecule has 0 aliphatic rings. The molecule has 0 aliphatic heterocycles. The Morgan fingerprint density at radius 2 is 0.900 bits per heavy atom. The fraction of sp³-hybridized carbons (Fsp3) is 0. The molecule has 0 spiro atoms. The maximum atomic E-state index is 8.14. The predicted octanol–water partition coefficient (Wildman–Crippen LogP) is 0.227. The van der Waals surface area contributed by atoms with Gasteiger partial charge in [-0.25, -0.2) is 0 Å². The Kier molecular flexibility index (Phi) is 5.12. The van der Waals surface area contributed by atoms with Gasteiger partial charge in [0, 0.05) is 0 Å². The first kappa shape index (κ1) is 11.4. The zero-order chi connectivity index (χ0) is 7.33. The van der Waals surface area contributed by atoms with Crippen molar-refractivity contribution in [3.05, 3.63) is 0 Å². The molecule has 0 aromatic heterocycles. The van der Waals surface area contributed by atoms with Gasteiger partial charge >= 0.3 is 54.9 Å². The fourth-order valence-corrected chi connectivity index (χ4v) is 0.777. The molecule has 0 bridgehead atoms. The summed E-state index contributed by atoms with van der Waals surface area (Å²) in [4.78, 5) is 0. The van der Waals surface area contributed by atoms with Gasteiger partial charge < -0.3 is 6.15 Å². The van der Waals surface area contributed by atoms with E-state index in [2.05, 4.69) is 0 Å². The molecule has 0 aliphatic carbocycles. The van der Waals surface area contributed by atoms with E-state index in [1.54, 1.807) is 0 Å². The summed E-state index contributed by atoms with van der Waals surface area (Å²) in [6.45, 7) is 0. The van der Waals surface area contributed by atoms with E-state index in [9.17, 15) is 0 Å². The van der Waals surface area contributed by atoms with Crippen LogP contribution in [0.5, 0.6) is 0 Å². The summed E-state index contributed by atoms with van der Waals surface area (Å²) in [5, 5.41) is 32.6. The summed E-state index contributed by atoms with van der Waals surface area (Å²) >= 11 is -3.88. The number of hydrogen-bond donors (Lipinski definition) is 1. The third-order valence-corrected chi connectivity index (χ3v) is 3.47. The summed E-state index contributed by atoms with van der Waals surface area (Å²) in [5.41, 5.74) is 0. The molecule has 0 rings (SSSR count). The van der Waals surface area contributed by atoms with Gasteiger partial charge in [-0.15, -0.1) is 0 Å². The van der Waals surface area contributed by atoms with Crippen molar-refractivity contribution in [2.75, 3.05) is 0 Å². The molecule has 0 fully saturated rings. The van der Waals surface area contributed by atoms with Crippen LogP contribution in [0.4, 0.5) is 0 Å². The van der Waals surface area contributed by atoms with Gasteiger partial charge in [0.1, 0.15) is 0 Å². The molecule has 0 atom stereocenters. The van der Waals surface area contributed by atoms with Crippen molar-refractivity contribution in [1.29, 1.82) is 21.0 Å². The van der Waals surface area contributed by atoms with Crippen LogP contribution >= 0.6 is 0 Å². The van der Waals surface area contributed by atoms with Crippen molar-refractivity contribution < 1.29 is 16.1 Å². The monoisotopic (exact) mass is 316 g/mol. The van der Waals surface area contributed by atoms with Gasteiger partial charge in [-0.2, -0.15) is 0 Å². The first-order valence-electron chi connectivity index (χ1n) is 1.53. The molecular weight excluding hydrogens is 313 g/mol. The number of hydrogen-bond acceptors (Lipinski definition) is 5. The van der Waals surface area contributed by atoms with E-state index < -0.39 is 16.1 Å². The third-order valence-electron chi connectivity index (χ3n) is 0.424. The summed E-state index contributed by atoms with van der Waals surface area (Å²) in [5.74, 6) is 0. The van der Waals surface area contributed by atoms with E-state index in [0.29, 0.717) is 0 Å². The van der Waals surface area contributed by atoms with E-state index in [4.69, 9.17) is 21.0 Å². The molecule has 0 saturated heterocycles. The molecule has 0 heterocycles. The van der Waals surface area contributed by atoms with Crippen LogP contribution in [-0.2, 0) is 16.1 Å². The van der Waals surface area contributed by atoms with Crippen molar-refractivity contribution in [2.24, 2.45) is 0 Å². The van der Waals surface area contributed by atoms with Gasteiger partial charge in [-0.05, 0) is 0 Å². The van der Waals surface area contributed by atoms with E-state index in [1.807, 2.05) is 0 Å². The quantitative estimate of drug-likeness (QED) is 0.683. The second-order valence-electron chi connectivity index (χ2n) is 0.757. The Morgan fingerprint density at radius 3 is 0.900 bits per heavy atom. The molecule has 6 heteroatoms. The summed E-state index contributed by atoms with van der Waals surface area (Å²) in [6.07, 6.45) is 0. The van der Waals surface area contributed by atoms with Crippen LogP contribution in [0.1, 0.15) is 0 Å². The van der Waals surface area contributed by atoms with Crippen LogP contribution in [0.2, 0.25) is 0 Å². The SMILES string of the molecule is N.N#[C][Pt]([C]#N)([C]#N)[C]#N. The first-order valence-corrected chi connectivity index (χ1v) is 6.07. The zero-order valence-corrected chi connectivity index (χ0v) is 7.08. The molecule has 0 amide bonds. The van der Waals surface area contributed by atoms with Crippen molar-refractivity contribution in [3.63, 3.8) is 0 Å². The minimum atomic E-state index is -3.88. The van der Waals surface area contributed by atoms with Gasteiger partial charge in [0.05, 0.1) is 0 Å². The second-order valence-corrected chi connectivity index (χ2v) is 6.20. The van der Waals surface area contributed by atoms with Gasteiger partial charge in [0.15, 0.2) is 0 Å². The van der Waals surface area contributed by atoms with E-state index in [-0.39, 0.29) is 6.15 Å². The Bertz CT molecular complexity index is 206. The van der Waals surface area contributed by atoms with E-state index in [1.165, 1.54) is 17.8 Å². The molecule has 0 radical (unpaired) electrons. The van der Waals surface area contributed by atoms with Crippen molar-refractivity contribution in [3.8, 4) is 17.8 Å². The average Bonchev–Trinajstić information content (AvgIpc) is 1.95. The molecule has 0 aromatic rings. The molecule has 0 saturated carbocycles. The Labute approximate surface area is 61.5 Å². The first-order chi connectivity index (χ1) is 4.24. The molecule has 0 unspecified atom stereocenters. The van der Waals surface area contributed by atoms with Gasteiger partial charge in [-0.3, -0.25) is 0 Å². The Hall–Kier alpha value is -1.39. The maximum absolute atomic E-state index is 8.14. The van der Waals surface area contributed by atoms with Crippen LogP contribution in [-0.4, -0.2) is 0 Å². The predicted molar refractivity (Wildman–Crippen MR) is 27.5 cm³/mol. The third kappa shape index (κ3) is 1.85. The number of rotatable bonds is 0. The van der Waals surface area contributed by atoms with Crippen LogP contribution in [0, 0.1) is 38.9 Å². The molecule has 5 nitrogen and oxygen atoms in total. The van der Waals surface area contributed by atoms with E-state index in [0.717, 1.165) is 0 Å². The van der Waals surface area contributed by atoms with Gasteiger partial charge in [0.2, 0.25) is 0 Å². The normalized spacial score (nSPS) is 8.40. The standard InChI is InChI=1S/4CN.H3N.Pt/c4*1-2;;/h;;;;1H3;. The molecule has 54 valence electrons. The molecular formula is C4H3N5Pt. The van der Waals surface area contributed by atoms with Crippen LogP contribution in [0.3, 0.4) is 0 Å². The summed E-state index contributed by atoms with van der Waals surface area (Å²) < 4.78 is 5.85. The van der Waals surface area contributed by atoms with Gasteiger partial charge in [-0.1, -0.05) is 0 Å². The van der Waals surface area contributed by atoms with Crippen molar-refractivity contribution in [1.82, 2.24) is 6.15 Å². The number of nitrogens with zero attached hydrogens (tertiary/aromatic N) is 4.